The van der Waals surface area contributed by atoms with Crippen molar-refractivity contribution in [2.24, 2.45) is 5.73 Å². The molecule has 1 aromatic carbocycles. The van der Waals surface area contributed by atoms with Crippen LogP contribution in [0.2, 0.25) is 0 Å². The minimum absolute atomic E-state index is 0.327. The summed E-state index contributed by atoms with van der Waals surface area (Å²) in [5, 5.41) is 0. The second-order valence-corrected chi connectivity index (χ2v) is 4.21. The maximum absolute atomic E-state index is 13.1. The molecule has 80 valence electrons. The van der Waals surface area contributed by atoms with E-state index < -0.39 is 5.54 Å². The molecule has 2 rings (SSSR count). The SMILES string of the molecule is NC1(c2cc(F)ccc2C=O)CCCC1. The molecule has 1 saturated carbocycles. The van der Waals surface area contributed by atoms with Crippen LogP contribution in [0.15, 0.2) is 18.2 Å². The van der Waals surface area contributed by atoms with E-state index in [9.17, 15) is 9.18 Å². The maximum Gasteiger partial charge on any atom is 0.150 e. The van der Waals surface area contributed by atoms with Crippen LogP contribution in [-0.2, 0) is 5.54 Å². The van der Waals surface area contributed by atoms with Gasteiger partial charge in [-0.2, -0.15) is 0 Å². The van der Waals surface area contributed by atoms with Gasteiger partial charge in [-0.25, -0.2) is 4.39 Å². The zero-order chi connectivity index (χ0) is 10.9. The smallest absolute Gasteiger partial charge is 0.150 e. The van der Waals surface area contributed by atoms with Gasteiger partial charge >= 0.3 is 0 Å². The van der Waals surface area contributed by atoms with E-state index in [4.69, 9.17) is 5.73 Å². The zero-order valence-electron chi connectivity index (χ0n) is 8.50. The molecule has 0 atom stereocenters. The minimum atomic E-state index is -0.502. The molecule has 1 aliphatic rings. The third kappa shape index (κ3) is 1.79. The monoisotopic (exact) mass is 207 g/mol. The van der Waals surface area contributed by atoms with Crippen molar-refractivity contribution >= 4 is 6.29 Å². The molecule has 2 N–H and O–H groups in total. The Morgan fingerprint density at radius 1 is 1.33 bits per heavy atom. The van der Waals surface area contributed by atoms with Crippen molar-refractivity contribution in [2.45, 2.75) is 31.2 Å². The number of halogens is 1. The summed E-state index contributed by atoms with van der Waals surface area (Å²) in [5.41, 5.74) is 6.88. The summed E-state index contributed by atoms with van der Waals surface area (Å²) in [6, 6.07) is 4.20. The van der Waals surface area contributed by atoms with E-state index in [2.05, 4.69) is 0 Å². The van der Waals surface area contributed by atoms with Gasteiger partial charge in [-0.15, -0.1) is 0 Å². The number of hydrogen-bond donors (Lipinski definition) is 1. The average molecular weight is 207 g/mol. The van der Waals surface area contributed by atoms with Gasteiger partial charge in [0.15, 0.2) is 0 Å². The largest absolute Gasteiger partial charge is 0.321 e. The highest BCUT2D eigenvalue weighted by molar-refractivity contribution is 5.78. The van der Waals surface area contributed by atoms with Crippen molar-refractivity contribution in [3.05, 3.63) is 35.1 Å². The Labute approximate surface area is 88.3 Å². The second kappa shape index (κ2) is 3.74. The summed E-state index contributed by atoms with van der Waals surface area (Å²) in [6.45, 7) is 0. The average Bonchev–Trinajstić information content (AvgIpc) is 2.66. The summed E-state index contributed by atoms with van der Waals surface area (Å²) in [4.78, 5) is 10.9. The molecule has 2 nitrogen and oxygen atoms in total. The number of nitrogens with two attached hydrogens (primary N) is 1. The molecule has 1 aliphatic carbocycles. The molecule has 3 heteroatoms. The van der Waals surface area contributed by atoms with Gasteiger partial charge in [0.2, 0.25) is 0 Å². The van der Waals surface area contributed by atoms with Crippen molar-refractivity contribution in [1.82, 2.24) is 0 Å². The van der Waals surface area contributed by atoms with Gasteiger partial charge in [0, 0.05) is 11.1 Å². The highest BCUT2D eigenvalue weighted by Crippen LogP contribution is 2.37. The van der Waals surface area contributed by atoms with E-state index in [0.29, 0.717) is 11.1 Å². The zero-order valence-corrected chi connectivity index (χ0v) is 8.50. The van der Waals surface area contributed by atoms with E-state index in [0.717, 1.165) is 32.0 Å². The molecular weight excluding hydrogens is 193 g/mol. The van der Waals surface area contributed by atoms with Gasteiger partial charge in [0.25, 0.3) is 0 Å². The van der Waals surface area contributed by atoms with Crippen molar-refractivity contribution in [3.8, 4) is 0 Å². The Hall–Kier alpha value is -1.22. The van der Waals surface area contributed by atoms with Crippen LogP contribution in [0.4, 0.5) is 4.39 Å². The van der Waals surface area contributed by atoms with Crippen LogP contribution in [-0.4, -0.2) is 6.29 Å². The Balaban J connectivity index is 2.49. The van der Waals surface area contributed by atoms with Crippen LogP contribution in [0.5, 0.6) is 0 Å². The van der Waals surface area contributed by atoms with Crippen LogP contribution in [0, 0.1) is 5.82 Å². The number of rotatable bonds is 2. The topological polar surface area (TPSA) is 43.1 Å². The van der Waals surface area contributed by atoms with Crippen LogP contribution in [0.25, 0.3) is 0 Å². The van der Waals surface area contributed by atoms with Crippen molar-refractivity contribution in [2.75, 3.05) is 0 Å². The summed E-state index contributed by atoms with van der Waals surface area (Å²) < 4.78 is 13.1. The Kier molecular flexibility index (Phi) is 2.57. The molecule has 0 saturated heterocycles. The Bertz CT molecular complexity index is 383. The fourth-order valence-electron chi connectivity index (χ4n) is 2.34. The Morgan fingerprint density at radius 2 is 2.00 bits per heavy atom. The van der Waals surface area contributed by atoms with Gasteiger partial charge in [-0.3, -0.25) is 4.79 Å². The fourth-order valence-corrected chi connectivity index (χ4v) is 2.34. The first-order valence-electron chi connectivity index (χ1n) is 5.20. The standard InChI is InChI=1S/C12H14FNO/c13-10-4-3-9(8-15)11(7-10)12(14)5-1-2-6-12/h3-4,7-8H,1-2,5-6,14H2. The molecule has 0 unspecified atom stereocenters. The molecule has 0 radical (unpaired) electrons. The lowest BCUT2D eigenvalue weighted by atomic mass is 9.86. The quantitative estimate of drug-likeness (QED) is 0.756. The molecule has 0 spiro atoms. The molecule has 0 amide bonds. The van der Waals surface area contributed by atoms with E-state index in [-0.39, 0.29) is 5.82 Å². The summed E-state index contributed by atoms with van der Waals surface area (Å²) in [7, 11) is 0. The van der Waals surface area contributed by atoms with Gasteiger partial charge in [0.1, 0.15) is 12.1 Å². The molecular formula is C12H14FNO. The predicted molar refractivity (Wildman–Crippen MR) is 56.1 cm³/mol. The molecule has 0 aliphatic heterocycles. The van der Waals surface area contributed by atoms with E-state index in [1.165, 1.54) is 18.2 Å². The summed E-state index contributed by atoms with van der Waals surface area (Å²) >= 11 is 0. The number of aldehydes is 1. The Morgan fingerprint density at radius 3 is 2.60 bits per heavy atom. The summed E-state index contributed by atoms with van der Waals surface area (Å²) in [6.07, 6.45) is 4.51. The normalized spacial score (nSPS) is 19.1. The van der Waals surface area contributed by atoms with Crippen LogP contribution in [0.3, 0.4) is 0 Å². The molecule has 0 bridgehead atoms. The first kappa shape index (κ1) is 10.3. The third-order valence-corrected chi connectivity index (χ3v) is 3.17. The number of carbonyl (C=O) groups excluding carboxylic acids is 1. The van der Waals surface area contributed by atoms with Crippen LogP contribution < -0.4 is 5.73 Å². The highest BCUT2D eigenvalue weighted by Gasteiger charge is 2.33. The fraction of sp³-hybridized carbons (Fsp3) is 0.417. The predicted octanol–water partition coefficient (Wildman–Crippen LogP) is 2.37. The van der Waals surface area contributed by atoms with Crippen molar-refractivity contribution in [1.29, 1.82) is 0 Å². The van der Waals surface area contributed by atoms with Gasteiger partial charge < -0.3 is 5.73 Å². The van der Waals surface area contributed by atoms with Crippen LogP contribution in [0.1, 0.15) is 41.6 Å². The lowest BCUT2D eigenvalue weighted by Crippen LogP contribution is -2.34. The number of hydrogen-bond acceptors (Lipinski definition) is 2. The molecule has 0 heterocycles. The highest BCUT2D eigenvalue weighted by atomic mass is 19.1. The van der Waals surface area contributed by atoms with Gasteiger partial charge in [-0.05, 0) is 36.6 Å². The first-order chi connectivity index (χ1) is 7.15. The van der Waals surface area contributed by atoms with Gasteiger partial charge in [0.05, 0.1) is 0 Å². The lowest BCUT2D eigenvalue weighted by Gasteiger charge is -2.25. The van der Waals surface area contributed by atoms with E-state index in [1.807, 2.05) is 0 Å². The second-order valence-electron chi connectivity index (χ2n) is 4.21. The molecule has 15 heavy (non-hydrogen) atoms. The summed E-state index contributed by atoms with van der Waals surface area (Å²) in [5.74, 6) is -0.327. The van der Waals surface area contributed by atoms with Crippen molar-refractivity contribution < 1.29 is 9.18 Å². The lowest BCUT2D eigenvalue weighted by molar-refractivity contribution is 0.112. The maximum atomic E-state index is 13.1. The minimum Gasteiger partial charge on any atom is -0.321 e. The third-order valence-electron chi connectivity index (χ3n) is 3.17. The first-order valence-corrected chi connectivity index (χ1v) is 5.20. The van der Waals surface area contributed by atoms with Crippen molar-refractivity contribution in [3.63, 3.8) is 0 Å². The molecule has 1 fully saturated rings. The molecule has 0 aromatic heterocycles. The molecule has 1 aromatic rings. The van der Waals surface area contributed by atoms with Crippen LogP contribution >= 0.6 is 0 Å². The number of carbonyl (C=O) groups is 1. The van der Waals surface area contributed by atoms with Gasteiger partial charge in [-0.1, -0.05) is 12.8 Å². The van der Waals surface area contributed by atoms with E-state index >= 15 is 0 Å². The van der Waals surface area contributed by atoms with E-state index in [1.54, 1.807) is 0 Å². The number of benzene rings is 1.